The summed E-state index contributed by atoms with van der Waals surface area (Å²) < 4.78 is 26.5. The normalized spacial score (nSPS) is 19.0. The van der Waals surface area contributed by atoms with Gasteiger partial charge in [-0.3, -0.25) is 9.78 Å². The van der Waals surface area contributed by atoms with Crippen molar-refractivity contribution in [1.29, 1.82) is 0 Å². The quantitative estimate of drug-likeness (QED) is 0.150. The van der Waals surface area contributed by atoms with Crippen molar-refractivity contribution in [3.8, 4) is 5.75 Å². The van der Waals surface area contributed by atoms with Crippen LogP contribution in [-0.4, -0.2) is 55.5 Å². The number of methoxy groups -OCH3 is 2. The molecule has 0 spiro atoms. The highest BCUT2D eigenvalue weighted by molar-refractivity contribution is 8.01. The number of esters is 1. The molecular formula is C27H32FN3O4S2. The highest BCUT2D eigenvalue weighted by Gasteiger charge is 2.32. The number of pyridine rings is 1. The number of likely N-dealkylation sites (tertiary alicyclic amines) is 1. The number of rotatable bonds is 12. The van der Waals surface area contributed by atoms with E-state index < -0.39 is 11.9 Å². The predicted octanol–water partition coefficient (Wildman–Crippen LogP) is 6.33. The zero-order valence-electron chi connectivity index (χ0n) is 21.1. The van der Waals surface area contributed by atoms with Crippen LogP contribution in [-0.2, 0) is 9.53 Å². The molecule has 7 nitrogen and oxygen atoms in total. The van der Waals surface area contributed by atoms with Gasteiger partial charge in [0.25, 0.3) is 0 Å². The van der Waals surface area contributed by atoms with Gasteiger partial charge in [0.05, 0.1) is 30.1 Å². The molecule has 1 fully saturated rings. The molecular weight excluding hydrogens is 513 g/mol. The number of hydrogen-bond donors (Lipinski definition) is 0. The van der Waals surface area contributed by atoms with Crippen LogP contribution < -0.4 is 4.74 Å². The summed E-state index contributed by atoms with van der Waals surface area (Å²) in [5.74, 6) is 1.11. The number of aromatic nitrogens is 1. The largest absolute Gasteiger partial charge is 0.497 e. The molecule has 37 heavy (non-hydrogen) atoms. The first kappa shape index (κ1) is 27.5. The van der Waals surface area contributed by atoms with Gasteiger partial charge in [0.15, 0.2) is 0 Å². The van der Waals surface area contributed by atoms with Crippen LogP contribution in [0.15, 0.2) is 51.3 Å². The van der Waals surface area contributed by atoms with E-state index in [4.69, 9.17) is 9.47 Å². The molecule has 3 aromatic rings. The maximum absolute atomic E-state index is 15.0. The predicted molar refractivity (Wildman–Crippen MR) is 146 cm³/mol. The molecule has 3 atom stereocenters. The van der Waals surface area contributed by atoms with E-state index >= 15 is 0 Å². The summed E-state index contributed by atoms with van der Waals surface area (Å²) in [5, 5.41) is 5.95. The second-order valence-electron chi connectivity index (χ2n) is 9.27. The average molecular weight is 546 g/mol. The molecule has 4 rings (SSSR count). The molecule has 0 radical (unpaired) electrons. The number of ether oxygens (including phenoxy) is 2. The fourth-order valence-electron chi connectivity index (χ4n) is 5.14. The van der Waals surface area contributed by atoms with Crippen molar-refractivity contribution in [2.75, 3.05) is 39.6 Å². The van der Waals surface area contributed by atoms with Gasteiger partial charge in [0, 0.05) is 36.2 Å². The summed E-state index contributed by atoms with van der Waals surface area (Å²) in [5.41, 5.74) is 0.842. The number of thiophene rings is 1. The Bertz CT molecular complexity index is 1190. The van der Waals surface area contributed by atoms with Crippen LogP contribution in [0.5, 0.6) is 5.75 Å². The summed E-state index contributed by atoms with van der Waals surface area (Å²) in [6.07, 6.45) is 3.45. The topological polar surface area (TPSA) is 81.1 Å². The Balaban J connectivity index is 1.44. The highest BCUT2D eigenvalue weighted by Crippen LogP contribution is 2.37. The molecule has 1 aliphatic rings. The number of fused-ring (bicyclic) bond motifs is 1. The number of thioether (sulfide) groups is 1. The maximum atomic E-state index is 15.0. The molecule has 3 heterocycles. The molecule has 0 bridgehead atoms. The molecule has 0 N–H and O–H groups in total. The van der Waals surface area contributed by atoms with Crippen LogP contribution >= 0.6 is 23.1 Å². The fraction of sp³-hybridized carbons (Fsp3) is 0.481. The number of carbonyl (C=O) groups excluding carboxylic acids is 1. The van der Waals surface area contributed by atoms with Crippen molar-refractivity contribution in [3.05, 3.63) is 58.2 Å². The third-order valence-corrected chi connectivity index (χ3v) is 9.23. The van der Waals surface area contributed by atoms with Crippen molar-refractivity contribution in [3.63, 3.8) is 0 Å². The van der Waals surface area contributed by atoms with Crippen LogP contribution in [0.2, 0.25) is 0 Å². The van der Waals surface area contributed by atoms with E-state index in [0.29, 0.717) is 35.9 Å². The number of piperidine rings is 1. The summed E-state index contributed by atoms with van der Waals surface area (Å²) in [6.45, 7) is 2.67. The minimum atomic E-state index is -0.850. The minimum Gasteiger partial charge on any atom is -0.497 e. The van der Waals surface area contributed by atoms with Gasteiger partial charge < -0.3 is 14.4 Å². The Kier molecular flexibility index (Phi) is 9.88. The molecule has 0 saturated carbocycles. The lowest BCUT2D eigenvalue weighted by molar-refractivity contribution is -0.142. The van der Waals surface area contributed by atoms with E-state index in [-0.39, 0.29) is 23.4 Å². The van der Waals surface area contributed by atoms with Gasteiger partial charge in [0.2, 0.25) is 0 Å². The van der Waals surface area contributed by atoms with Crippen molar-refractivity contribution in [2.45, 2.75) is 35.9 Å². The lowest BCUT2D eigenvalue weighted by atomic mass is 9.79. The molecule has 0 amide bonds. The van der Waals surface area contributed by atoms with Gasteiger partial charge in [-0.25, -0.2) is 4.39 Å². The minimum absolute atomic E-state index is 0.111. The molecule has 0 aliphatic carbocycles. The fourth-order valence-corrected chi connectivity index (χ4v) is 7.01. The molecule has 1 saturated heterocycles. The van der Waals surface area contributed by atoms with Crippen LogP contribution in [0, 0.1) is 22.6 Å². The molecule has 198 valence electrons. The standard InChI is InChI=1S/C27H32FN3O4S2/c1-34-20-6-8-23-21(15-20)27(22(28)16-29-23)24(30-33)7-5-18-9-10-31(17-19(18)14-25(32)35-2)11-13-37-26-4-3-12-36-26/h3-4,6,8,12,15-16,18-19,24H,5,7,9-11,13-14,17H2,1-2H3. The van der Waals surface area contributed by atoms with Crippen molar-refractivity contribution >= 4 is 40.0 Å². The van der Waals surface area contributed by atoms with Crippen LogP contribution in [0.3, 0.4) is 0 Å². The smallest absolute Gasteiger partial charge is 0.305 e. The van der Waals surface area contributed by atoms with E-state index in [1.54, 1.807) is 29.5 Å². The summed E-state index contributed by atoms with van der Waals surface area (Å²) in [6, 6.07) is 8.54. The van der Waals surface area contributed by atoms with Crippen molar-refractivity contribution in [2.24, 2.45) is 17.0 Å². The zero-order valence-corrected chi connectivity index (χ0v) is 22.7. The van der Waals surface area contributed by atoms with Gasteiger partial charge in [-0.05, 0) is 67.3 Å². The Morgan fingerprint density at radius 3 is 2.92 bits per heavy atom. The maximum Gasteiger partial charge on any atom is 0.305 e. The number of halogens is 1. The van der Waals surface area contributed by atoms with Gasteiger partial charge in [-0.15, -0.1) is 23.1 Å². The third kappa shape index (κ3) is 7.06. The van der Waals surface area contributed by atoms with Crippen molar-refractivity contribution < 1.29 is 18.7 Å². The number of benzene rings is 1. The zero-order chi connectivity index (χ0) is 26.2. The Morgan fingerprint density at radius 2 is 2.19 bits per heavy atom. The molecule has 1 aromatic carbocycles. The Morgan fingerprint density at radius 1 is 1.32 bits per heavy atom. The lowest BCUT2D eigenvalue weighted by Crippen LogP contribution is -2.42. The summed E-state index contributed by atoms with van der Waals surface area (Å²) in [7, 11) is 2.95. The number of nitroso groups, excluding NO2 is 1. The molecule has 1 aliphatic heterocycles. The number of hydrogen-bond acceptors (Lipinski definition) is 9. The first-order valence-electron chi connectivity index (χ1n) is 12.4. The first-order chi connectivity index (χ1) is 18.0. The van der Waals surface area contributed by atoms with Gasteiger partial charge in [-0.1, -0.05) is 11.2 Å². The molecule has 10 heteroatoms. The first-order valence-corrected chi connectivity index (χ1v) is 14.3. The van der Waals surface area contributed by atoms with E-state index in [9.17, 15) is 14.1 Å². The lowest BCUT2D eigenvalue weighted by Gasteiger charge is -2.38. The Labute approximate surface area is 224 Å². The number of nitrogens with zero attached hydrogens (tertiary/aromatic N) is 3. The summed E-state index contributed by atoms with van der Waals surface area (Å²) in [4.78, 5) is 30.7. The van der Waals surface area contributed by atoms with Gasteiger partial charge in [0.1, 0.15) is 17.6 Å². The third-order valence-electron chi connectivity index (χ3n) is 7.12. The second kappa shape index (κ2) is 13.3. The van der Waals surface area contributed by atoms with Crippen molar-refractivity contribution in [1.82, 2.24) is 9.88 Å². The van der Waals surface area contributed by atoms with E-state index in [0.717, 1.165) is 38.0 Å². The van der Waals surface area contributed by atoms with E-state index in [2.05, 4.69) is 32.6 Å². The average Bonchev–Trinajstić information content (AvgIpc) is 3.44. The second-order valence-corrected chi connectivity index (χ2v) is 11.6. The van der Waals surface area contributed by atoms with Gasteiger partial charge >= 0.3 is 5.97 Å². The van der Waals surface area contributed by atoms with E-state index in [1.165, 1.54) is 18.4 Å². The molecule has 3 unspecified atom stereocenters. The van der Waals surface area contributed by atoms with Crippen LogP contribution in [0.1, 0.15) is 37.3 Å². The SMILES string of the molecule is COC(=O)CC1CN(CCSc2cccs2)CCC1CCC(N=O)c1c(F)cnc2ccc(OC)cc12. The van der Waals surface area contributed by atoms with Crippen LogP contribution in [0.4, 0.5) is 4.39 Å². The molecule has 2 aromatic heterocycles. The monoisotopic (exact) mass is 545 g/mol. The highest BCUT2D eigenvalue weighted by atomic mass is 32.2. The number of carbonyl (C=O) groups is 1. The van der Waals surface area contributed by atoms with Gasteiger partial charge in [-0.2, -0.15) is 4.91 Å². The van der Waals surface area contributed by atoms with Crippen LogP contribution in [0.25, 0.3) is 10.9 Å². The summed E-state index contributed by atoms with van der Waals surface area (Å²) >= 11 is 3.60. The van der Waals surface area contributed by atoms with E-state index in [1.807, 2.05) is 11.8 Å². The Hall–Kier alpha value is -2.56.